The topological polar surface area (TPSA) is 12.0 Å². The Labute approximate surface area is 205 Å². The second-order valence-electron chi connectivity index (χ2n) is 10.9. The molecule has 0 heterocycles. The third kappa shape index (κ3) is 5.25. The monoisotopic (exact) mass is 447 g/mol. The summed E-state index contributed by atoms with van der Waals surface area (Å²) in [6, 6.07) is 35.2. The van der Waals surface area contributed by atoms with Crippen LogP contribution in [0, 0.1) is 0 Å². The average Bonchev–Trinajstić information content (AvgIpc) is 2.85. The Kier molecular flexibility index (Phi) is 6.66. The average molecular weight is 448 g/mol. The summed E-state index contributed by atoms with van der Waals surface area (Å²) in [7, 11) is 0. The number of benzene rings is 4. The molecule has 0 unspecified atom stereocenters. The van der Waals surface area contributed by atoms with E-state index in [0.29, 0.717) is 0 Å². The lowest BCUT2D eigenvalue weighted by atomic mass is 9.82. The van der Waals surface area contributed by atoms with Gasteiger partial charge in [0.1, 0.15) is 0 Å². The van der Waals surface area contributed by atoms with Crippen molar-refractivity contribution in [1.82, 2.24) is 0 Å². The second kappa shape index (κ2) is 9.50. The first kappa shape index (κ1) is 23.8. The summed E-state index contributed by atoms with van der Waals surface area (Å²) in [6.07, 6.45) is 1.13. The molecule has 0 fully saturated rings. The van der Waals surface area contributed by atoms with Crippen LogP contribution in [0.3, 0.4) is 0 Å². The van der Waals surface area contributed by atoms with Crippen LogP contribution in [-0.4, -0.2) is 0 Å². The van der Waals surface area contributed by atoms with Crippen LogP contribution in [0.15, 0.2) is 97.1 Å². The predicted molar refractivity (Wildman–Crippen MR) is 149 cm³/mol. The summed E-state index contributed by atoms with van der Waals surface area (Å²) in [4.78, 5) is 0. The van der Waals surface area contributed by atoms with Crippen molar-refractivity contribution in [3.63, 3.8) is 0 Å². The molecule has 0 spiro atoms. The van der Waals surface area contributed by atoms with Crippen molar-refractivity contribution in [2.24, 2.45) is 0 Å². The fraction of sp³-hybridized carbons (Fsp3) is 0.273. The van der Waals surface area contributed by atoms with Crippen molar-refractivity contribution in [3.05, 3.63) is 108 Å². The molecule has 0 atom stereocenters. The third-order valence-corrected chi connectivity index (χ3v) is 7.02. The van der Waals surface area contributed by atoms with E-state index in [0.717, 1.165) is 17.8 Å². The first-order chi connectivity index (χ1) is 16.2. The minimum atomic E-state index is 0.150. The van der Waals surface area contributed by atoms with E-state index in [2.05, 4.69) is 144 Å². The van der Waals surface area contributed by atoms with E-state index in [1.807, 2.05) is 0 Å². The Morgan fingerprint density at radius 3 is 1.76 bits per heavy atom. The van der Waals surface area contributed by atoms with Crippen molar-refractivity contribution in [2.75, 3.05) is 5.32 Å². The predicted octanol–water partition coefficient (Wildman–Crippen LogP) is 9.75. The standard InChI is InChI=1S/C33H37N/c1-7-33(5,6)28-16-13-24(14-17-28)26-15-22-31(30(23-26)25-11-9-8-10-12-25)34-29-20-18-27(19-21-29)32(2,3)4/h8-23,34H,7H2,1-6H3. The molecular weight excluding hydrogens is 410 g/mol. The lowest BCUT2D eigenvalue weighted by Crippen LogP contribution is -2.14. The maximum atomic E-state index is 3.66. The van der Waals surface area contributed by atoms with Crippen molar-refractivity contribution in [3.8, 4) is 22.3 Å². The van der Waals surface area contributed by atoms with E-state index >= 15 is 0 Å². The number of nitrogens with one attached hydrogen (secondary N) is 1. The van der Waals surface area contributed by atoms with E-state index in [9.17, 15) is 0 Å². The van der Waals surface area contributed by atoms with Crippen molar-refractivity contribution >= 4 is 11.4 Å². The maximum absolute atomic E-state index is 3.66. The zero-order valence-electron chi connectivity index (χ0n) is 21.4. The fourth-order valence-corrected chi connectivity index (χ4v) is 4.22. The zero-order chi connectivity index (χ0) is 24.3. The summed E-state index contributed by atoms with van der Waals surface area (Å²) < 4.78 is 0. The normalized spacial score (nSPS) is 11.9. The van der Waals surface area contributed by atoms with Gasteiger partial charge in [0.25, 0.3) is 0 Å². The van der Waals surface area contributed by atoms with Gasteiger partial charge in [-0.1, -0.05) is 114 Å². The molecule has 0 bridgehead atoms. The molecule has 34 heavy (non-hydrogen) atoms. The Bertz CT molecular complexity index is 1220. The third-order valence-electron chi connectivity index (χ3n) is 7.02. The Morgan fingerprint density at radius 2 is 1.18 bits per heavy atom. The summed E-state index contributed by atoms with van der Waals surface area (Å²) >= 11 is 0. The highest BCUT2D eigenvalue weighted by molar-refractivity contribution is 5.85. The van der Waals surface area contributed by atoms with Crippen molar-refractivity contribution < 1.29 is 0 Å². The highest BCUT2D eigenvalue weighted by Gasteiger charge is 2.18. The van der Waals surface area contributed by atoms with Crippen LogP contribution in [0.25, 0.3) is 22.3 Å². The van der Waals surface area contributed by atoms with E-state index in [1.54, 1.807) is 0 Å². The molecule has 0 radical (unpaired) electrons. The van der Waals surface area contributed by atoms with E-state index in [-0.39, 0.29) is 10.8 Å². The van der Waals surface area contributed by atoms with Gasteiger partial charge in [-0.2, -0.15) is 0 Å². The van der Waals surface area contributed by atoms with Crippen LogP contribution in [0.4, 0.5) is 11.4 Å². The van der Waals surface area contributed by atoms with Crippen molar-refractivity contribution in [2.45, 2.75) is 58.8 Å². The van der Waals surface area contributed by atoms with Gasteiger partial charge in [0, 0.05) is 16.9 Å². The lowest BCUT2D eigenvalue weighted by molar-refractivity contribution is 0.506. The largest absolute Gasteiger partial charge is 0.355 e. The van der Waals surface area contributed by atoms with Crippen LogP contribution in [0.5, 0.6) is 0 Å². The van der Waals surface area contributed by atoms with E-state index in [1.165, 1.54) is 33.4 Å². The quantitative estimate of drug-likeness (QED) is 0.310. The van der Waals surface area contributed by atoms with E-state index in [4.69, 9.17) is 0 Å². The smallest absolute Gasteiger partial charge is 0.0464 e. The first-order valence-electron chi connectivity index (χ1n) is 12.4. The fourth-order valence-electron chi connectivity index (χ4n) is 4.22. The molecule has 174 valence electrons. The Hall–Kier alpha value is -3.32. The number of anilines is 2. The van der Waals surface area contributed by atoms with Gasteiger partial charge < -0.3 is 5.32 Å². The molecule has 0 aromatic heterocycles. The van der Waals surface area contributed by atoms with Gasteiger partial charge in [0.2, 0.25) is 0 Å². The molecule has 1 N–H and O–H groups in total. The van der Waals surface area contributed by atoms with Gasteiger partial charge >= 0.3 is 0 Å². The van der Waals surface area contributed by atoms with E-state index < -0.39 is 0 Å². The van der Waals surface area contributed by atoms with Gasteiger partial charge in [0.05, 0.1) is 0 Å². The summed E-state index contributed by atoms with van der Waals surface area (Å²) in [5.74, 6) is 0. The van der Waals surface area contributed by atoms with Gasteiger partial charge in [-0.05, 0) is 69.3 Å². The summed E-state index contributed by atoms with van der Waals surface area (Å²) in [6.45, 7) is 13.6. The minimum absolute atomic E-state index is 0.150. The van der Waals surface area contributed by atoms with Crippen LogP contribution in [0.1, 0.15) is 59.1 Å². The maximum Gasteiger partial charge on any atom is 0.0464 e. The lowest BCUT2D eigenvalue weighted by Gasteiger charge is -2.23. The second-order valence-corrected chi connectivity index (χ2v) is 10.9. The summed E-state index contributed by atoms with van der Waals surface area (Å²) in [5.41, 5.74) is 10.2. The highest BCUT2D eigenvalue weighted by Crippen LogP contribution is 2.36. The molecule has 1 heteroatoms. The molecule has 4 rings (SSSR count). The van der Waals surface area contributed by atoms with Crippen LogP contribution < -0.4 is 5.32 Å². The molecule has 0 aliphatic carbocycles. The molecule has 4 aromatic rings. The SMILES string of the molecule is CCC(C)(C)c1ccc(-c2ccc(Nc3ccc(C(C)(C)C)cc3)c(-c3ccccc3)c2)cc1. The van der Waals surface area contributed by atoms with Crippen LogP contribution in [-0.2, 0) is 10.8 Å². The number of rotatable bonds is 6. The van der Waals surface area contributed by atoms with Gasteiger partial charge in [-0.15, -0.1) is 0 Å². The number of hydrogen-bond donors (Lipinski definition) is 1. The molecule has 4 aromatic carbocycles. The molecule has 1 nitrogen and oxygen atoms in total. The minimum Gasteiger partial charge on any atom is -0.355 e. The van der Waals surface area contributed by atoms with Crippen LogP contribution >= 0.6 is 0 Å². The summed E-state index contributed by atoms with van der Waals surface area (Å²) in [5, 5.41) is 3.66. The molecule has 0 saturated heterocycles. The first-order valence-corrected chi connectivity index (χ1v) is 12.4. The molecule has 0 aliphatic heterocycles. The molecule has 0 aliphatic rings. The molecule has 0 saturated carbocycles. The Morgan fingerprint density at radius 1 is 0.588 bits per heavy atom. The van der Waals surface area contributed by atoms with Gasteiger partial charge in [0.15, 0.2) is 0 Å². The van der Waals surface area contributed by atoms with Crippen LogP contribution in [0.2, 0.25) is 0 Å². The van der Waals surface area contributed by atoms with Crippen molar-refractivity contribution in [1.29, 1.82) is 0 Å². The molecule has 0 amide bonds. The highest BCUT2D eigenvalue weighted by atomic mass is 14.9. The van der Waals surface area contributed by atoms with Gasteiger partial charge in [-0.25, -0.2) is 0 Å². The Balaban J connectivity index is 1.70. The zero-order valence-corrected chi connectivity index (χ0v) is 21.4. The molecular formula is C33H37N. The van der Waals surface area contributed by atoms with Gasteiger partial charge in [-0.3, -0.25) is 0 Å². The number of hydrogen-bond acceptors (Lipinski definition) is 1.